The molecule has 0 unspecified atom stereocenters. The summed E-state index contributed by atoms with van der Waals surface area (Å²) < 4.78 is 24.4. The van der Waals surface area contributed by atoms with Crippen molar-refractivity contribution in [3.63, 3.8) is 0 Å². The topological polar surface area (TPSA) is 0 Å². The van der Waals surface area contributed by atoms with Gasteiger partial charge in [-0.25, -0.2) is 0 Å². The zero-order valence-electron chi connectivity index (χ0n) is 6.74. The molecule has 0 aromatic heterocycles. The molecule has 0 spiro atoms. The predicted molar refractivity (Wildman–Crippen MR) is 51.3 cm³/mol. The van der Waals surface area contributed by atoms with Crippen LogP contribution in [0.25, 0.3) is 5.57 Å². The van der Waals surface area contributed by atoms with Crippen LogP contribution in [0.5, 0.6) is 0 Å². The van der Waals surface area contributed by atoms with Crippen molar-refractivity contribution in [2.24, 2.45) is 0 Å². The third-order valence-electron chi connectivity index (χ3n) is 1.62. The van der Waals surface area contributed by atoms with E-state index in [0.29, 0.717) is 10.6 Å². The fourth-order valence-corrected chi connectivity index (χ4v) is 1.45. The van der Waals surface area contributed by atoms with Crippen molar-refractivity contribution in [2.75, 3.05) is 0 Å². The highest BCUT2D eigenvalue weighted by Gasteiger charge is 2.07. The van der Waals surface area contributed by atoms with Gasteiger partial charge in [0.2, 0.25) is 0 Å². The molecule has 4 heteroatoms. The van der Waals surface area contributed by atoms with Crippen LogP contribution >= 0.6 is 23.2 Å². The van der Waals surface area contributed by atoms with Crippen molar-refractivity contribution < 1.29 is 8.78 Å². The van der Waals surface area contributed by atoms with E-state index in [2.05, 4.69) is 0 Å². The van der Waals surface area contributed by atoms with Gasteiger partial charge in [0.1, 0.15) is 0 Å². The van der Waals surface area contributed by atoms with Crippen molar-refractivity contribution in [3.8, 4) is 0 Å². The standard InChI is InChI=1S/C9H6Cl2F2/c1-5(9(12)13)7-3-2-6(10)4-8(7)11/h2-4H,1H3. The minimum absolute atomic E-state index is 0.123. The smallest absolute Gasteiger partial charge is 0.173 e. The van der Waals surface area contributed by atoms with Crippen LogP contribution in [-0.2, 0) is 0 Å². The number of hydrogen-bond acceptors (Lipinski definition) is 0. The van der Waals surface area contributed by atoms with E-state index in [-0.39, 0.29) is 10.6 Å². The van der Waals surface area contributed by atoms with Crippen LogP contribution in [-0.4, -0.2) is 0 Å². The van der Waals surface area contributed by atoms with Gasteiger partial charge in [0.15, 0.2) is 0 Å². The Labute approximate surface area is 84.8 Å². The molecule has 0 aliphatic heterocycles. The van der Waals surface area contributed by atoms with Gasteiger partial charge in [-0.2, -0.15) is 8.78 Å². The molecule has 13 heavy (non-hydrogen) atoms. The van der Waals surface area contributed by atoms with Crippen LogP contribution in [0.2, 0.25) is 10.0 Å². The fourth-order valence-electron chi connectivity index (χ4n) is 0.895. The molecule has 0 radical (unpaired) electrons. The first kappa shape index (κ1) is 10.5. The Hall–Kier alpha value is -0.600. The van der Waals surface area contributed by atoms with E-state index in [0.717, 1.165) is 0 Å². The second kappa shape index (κ2) is 4.07. The molecule has 0 amide bonds. The molecule has 1 aromatic carbocycles. The predicted octanol–water partition coefficient (Wildman–Crippen LogP) is 4.62. The molecule has 0 atom stereocenters. The van der Waals surface area contributed by atoms with Crippen molar-refractivity contribution >= 4 is 28.8 Å². The van der Waals surface area contributed by atoms with Gasteiger partial charge >= 0.3 is 0 Å². The Balaban J connectivity index is 3.25. The minimum Gasteiger partial charge on any atom is -0.173 e. The summed E-state index contributed by atoms with van der Waals surface area (Å²) in [6, 6.07) is 4.43. The van der Waals surface area contributed by atoms with Gasteiger partial charge in [0.05, 0.1) is 0 Å². The Morgan fingerprint density at radius 3 is 2.31 bits per heavy atom. The lowest BCUT2D eigenvalue weighted by atomic mass is 10.1. The van der Waals surface area contributed by atoms with Crippen LogP contribution in [0.3, 0.4) is 0 Å². The van der Waals surface area contributed by atoms with Crippen molar-refractivity contribution in [2.45, 2.75) is 6.92 Å². The number of hydrogen-bond donors (Lipinski definition) is 0. The van der Waals surface area contributed by atoms with Gasteiger partial charge in [0.25, 0.3) is 6.08 Å². The van der Waals surface area contributed by atoms with Crippen LogP contribution in [0.1, 0.15) is 12.5 Å². The van der Waals surface area contributed by atoms with E-state index in [1.807, 2.05) is 0 Å². The second-order valence-corrected chi connectivity index (χ2v) is 3.35. The van der Waals surface area contributed by atoms with Crippen molar-refractivity contribution in [1.29, 1.82) is 0 Å². The Morgan fingerprint density at radius 2 is 1.85 bits per heavy atom. The monoisotopic (exact) mass is 222 g/mol. The number of allylic oxidation sites excluding steroid dienone is 1. The number of benzene rings is 1. The van der Waals surface area contributed by atoms with Crippen LogP contribution < -0.4 is 0 Å². The van der Waals surface area contributed by atoms with E-state index in [4.69, 9.17) is 23.2 Å². The molecule has 0 saturated carbocycles. The van der Waals surface area contributed by atoms with Crippen LogP contribution in [0, 0.1) is 0 Å². The molecular formula is C9H6Cl2F2. The molecule has 0 nitrogen and oxygen atoms in total. The van der Waals surface area contributed by atoms with Crippen LogP contribution in [0.15, 0.2) is 24.3 Å². The third-order valence-corrected chi connectivity index (χ3v) is 2.17. The molecule has 0 fully saturated rings. The van der Waals surface area contributed by atoms with Crippen molar-refractivity contribution in [3.05, 3.63) is 39.9 Å². The van der Waals surface area contributed by atoms with E-state index < -0.39 is 6.08 Å². The molecular weight excluding hydrogens is 217 g/mol. The van der Waals surface area contributed by atoms with Crippen LogP contribution in [0.4, 0.5) is 8.78 Å². The third kappa shape index (κ3) is 2.42. The minimum atomic E-state index is -1.73. The molecule has 0 heterocycles. The molecule has 70 valence electrons. The normalized spacial score (nSPS) is 9.92. The highest BCUT2D eigenvalue weighted by molar-refractivity contribution is 6.35. The summed E-state index contributed by atoms with van der Waals surface area (Å²) in [4.78, 5) is 0. The van der Waals surface area contributed by atoms with Crippen molar-refractivity contribution in [1.82, 2.24) is 0 Å². The Bertz CT molecular complexity index is 355. The van der Waals surface area contributed by atoms with Gasteiger partial charge in [-0.15, -0.1) is 0 Å². The van der Waals surface area contributed by atoms with Gasteiger partial charge in [-0.1, -0.05) is 29.3 Å². The number of rotatable bonds is 1. The maximum absolute atomic E-state index is 12.2. The quantitative estimate of drug-likeness (QED) is 0.651. The first-order valence-electron chi connectivity index (χ1n) is 3.49. The fraction of sp³-hybridized carbons (Fsp3) is 0.111. The maximum Gasteiger partial charge on any atom is 0.273 e. The van der Waals surface area contributed by atoms with E-state index >= 15 is 0 Å². The second-order valence-electron chi connectivity index (χ2n) is 2.51. The Kier molecular flexibility index (Phi) is 3.28. The summed E-state index contributed by atoms with van der Waals surface area (Å²) in [6.07, 6.45) is -1.73. The summed E-state index contributed by atoms with van der Waals surface area (Å²) >= 11 is 11.3. The van der Waals surface area contributed by atoms with Gasteiger partial charge < -0.3 is 0 Å². The molecule has 1 rings (SSSR count). The zero-order valence-corrected chi connectivity index (χ0v) is 8.26. The van der Waals surface area contributed by atoms with E-state index in [9.17, 15) is 8.78 Å². The Morgan fingerprint density at radius 1 is 1.23 bits per heavy atom. The molecule has 0 aliphatic carbocycles. The van der Waals surface area contributed by atoms with E-state index in [1.54, 1.807) is 0 Å². The van der Waals surface area contributed by atoms with Gasteiger partial charge in [-0.05, 0) is 19.1 Å². The molecule has 0 aliphatic rings. The largest absolute Gasteiger partial charge is 0.273 e. The summed E-state index contributed by atoms with van der Waals surface area (Å²) in [7, 11) is 0. The van der Waals surface area contributed by atoms with Gasteiger partial charge in [0, 0.05) is 21.2 Å². The lowest BCUT2D eigenvalue weighted by molar-refractivity contribution is 0.425. The molecule has 0 N–H and O–H groups in total. The maximum atomic E-state index is 12.2. The first-order chi connectivity index (χ1) is 6.02. The molecule has 0 bridgehead atoms. The lowest BCUT2D eigenvalue weighted by Gasteiger charge is -2.03. The van der Waals surface area contributed by atoms with Gasteiger partial charge in [-0.3, -0.25) is 0 Å². The first-order valence-corrected chi connectivity index (χ1v) is 4.25. The summed E-state index contributed by atoms with van der Waals surface area (Å²) in [6.45, 7) is 1.31. The lowest BCUT2D eigenvalue weighted by Crippen LogP contribution is -1.82. The SMILES string of the molecule is CC(=C(F)F)c1ccc(Cl)cc1Cl. The summed E-state index contributed by atoms with van der Waals surface area (Å²) in [5, 5.41) is 0.665. The highest BCUT2D eigenvalue weighted by atomic mass is 35.5. The average molecular weight is 223 g/mol. The highest BCUT2D eigenvalue weighted by Crippen LogP contribution is 2.29. The molecule has 0 saturated heterocycles. The van der Waals surface area contributed by atoms with E-state index in [1.165, 1.54) is 25.1 Å². The average Bonchev–Trinajstić information content (AvgIpc) is 2.03. The zero-order chi connectivity index (χ0) is 10.0. The molecule has 1 aromatic rings. The summed E-state index contributed by atoms with van der Waals surface area (Å²) in [5.74, 6) is 0. The number of halogens is 4. The summed E-state index contributed by atoms with van der Waals surface area (Å²) in [5.41, 5.74) is 0.188.